The van der Waals surface area contributed by atoms with Crippen molar-refractivity contribution >= 4 is 23.1 Å². The molecule has 0 saturated carbocycles. The number of aromatic nitrogens is 2. The first-order chi connectivity index (χ1) is 10.7. The van der Waals surface area contributed by atoms with E-state index in [0.29, 0.717) is 0 Å². The highest BCUT2D eigenvalue weighted by atomic mass is 32.1. The molecular weight excluding hydrogens is 296 g/mol. The first-order valence-corrected chi connectivity index (χ1v) is 8.40. The summed E-state index contributed by atoms with van der Waals surface area (Å²) in [5.74, 6) is 1.04. The number of nitrogens with zero attached hydrogens (tertiary/aromatic N) is 4. The summed E-state index contributed by atoms with van der Waals surface area (Å²) in [4.78, 5) is 27.3. The van der Waals surface area contributed by atoms with Crippen molar-refractivity contribution in [1.29, 1.82) is 0 Å². The van der Waals surface area contributed by atoms with Gasteiger partial charge in [0.1, 0.15) is 5.82 Å². The van der Waals surface area contributed by atoms with E-state index in [1.165, 1.54) is 10.4 Å². The predicted molar refractivity (Wildman–Crippen MR) is 88.6 cm³/mol. The monoisotopic (exact) mass is 316 g/mol. The molecule has 5 nitrogen and oxygen atoms in total. The molecule has 0 bridgehead atoms. The van der Waals surface area contributed by atoms with Gasteiger partial charge in [0.05, 0.1) is 11.1 Å². The number of carbonyl (C=O) groups excluding carboxylic acids is 1. The van der Waals surface area contributed by atoms with Crippen LogP contribution in [-0.4, -0.2) is 47.0 Å². The Morgan fingerprint density at radius 1 is 1.27 bits per heavy atom. The van der Waals surface area contributed by atoms with Gasteiger partial charge < -0.3 is 9.80 Å². The van der Waals surface area contributed by atoms with Crippen LogP contribution in [0.4, 0.5) is 5.82 Å². The van der Waals surface area contributed by atoms with E-state index in [1.807, 2.05) is 11.0 Å². The van der Waals surface area contributed by atoms with Crippen LogP contribution in [0, 0.1) is 6.92 Å². The molecule has 0 atom stereocenters. The van der Waals surface area contributed by atoms with Gasteiger partial charge in [-0.3, -0.25) is 9.78 Å². The van der Waals surface area contributed by atoms with Crippen molar-refractivity contribution in [3.05, 3.63) is 40.0 Å². The Bertz CT molecular complexity index is 647. The van der Waals surface area contributed by atoms with E-state index in [0.717, 1.165) is 43.3 Å². The van der Waals surface area contributed by atoms with Gasteiger partial charge >= 0.3 is 0 Å². The fraction of sp³-hybridized carbons (Fsp3) is 0.438. The largest absolute Gasteiger partial charge is 0.352 e. The second kappa shape index (κ2) is 6.44. The minimum absolute atomic E-state index is 0.159. The number of thiophene rings is 1. The second-order valence-electron chi connectivity index (χ2n) is 5.41. The van der Waals surface area contributed by atoms with Crippen molar-refractivity contribution in [2.24, 2.45) is 0 Å². The zero-order valence-electron chi connectivity index (χ0n) is 13.0. The van der Waals surface area contributed by atoms with Crippen molar-refractivity contribution in [1.82, 2.24) is 14.9 Å². The predicted octanol–water partition coefficient (Wildman–Crippen LogP) is 2.37. The molecule has 22 heavy (non-hydrogen) atoms. The molecule has 3 rings (SSSR count). The highest BCUT2D eigenvalue weighted by Crippen LogP contribution is 2.24. The van der Waals surface area contributed by atoms with Crippen LogP contribution in [-0.2, 0) is 6.42 Å². The number of rotatable bonds is 3. The highest BCUT2D eigenvalue weighted by Gasteiger charge is 2.24. The fourth-order valence-electron chi connectivity index (χ4n) is 2.73. The van der Waals surface area contributed by atoms with Crippen molar-refractivity contribution < 1.29 is 4.79 Å². The van der Waals surface area contributed by atoms with E-state index in [4.69, 9.17) is 0 Å². The van der Waals surface area contributed by atoms with E-state index in [-0.39, 0.29) is 5.91 Å². The van der Waals surface area contributed by atoms with Crippen LogP contribution < -0.4 is 4.90 Å². The smallest absolute Gasteiger partial charge is 0.264 e. The maximum Gasteiger partial charge on any atom is 0.264 e. The van der Waals surface area contributed by atoms with Crippen LogP contribution in [0.1, 0.15) is 27.0 Å². The molecule has 0 unspecified atom stereocenters. The van der Waals surface area contributed by atoms with Crippen LogP contribution in [0.15, 0.2) is 24.7 Å². The van der Waals surface area contributed by atoms with Gasteiger partial charge in [0.15, 0.2) is 0 Å². The van der Waals surface area contributed by atoms with Gasteiger partial charge in [-0.15, -0.1) is 11.3 Å². The van der Waals surface area contributed by atoms with Crippen molar-refractivity contribution in [2.75, 3.05) is 31.1 Å². The molecule has 1 aliphatic rings. The molecule has 0 N–H and O–H groups in total. The van der Waals surface area contributed by atoms with E-state index in [1.54, 1.807) is 29.9 Å². The normalized spacial score (nSPS) is 15.2. The zero-order chi connectivity index (χ0) is 15.5. The van der Waals surface area contributed by atoms with Crippen molar-refractivity contribution in [3.63, 3.8) is 0 Å². The first kappa shape index (κ1) is 15.0. The third kappa shape index (κ3) is 2.97. The third-order valence-electron chi connectivity index (χ3n) is 3.99. The lowest BCUT2D eigenvalue weighted by Gasteiger charge is -2.35. The zero-order valence-corrected chi connectivity index (χ0v) is 13.8. The quantitative estimate of drug-likeness (QED) is 0.872. The Morgan fingerprint density at radius 3 is 2.64 bits per heavy atom. The Labute approximate surface area is 134 Å². The third-order valence-corrected chi connectivity index (χ3v) is 5.36. The molecular formula is C16H20N4OS. The summed E-state index contributed by atoms with van der Waals surface area (Å²) in [6.07, 6.45) is 6.14. The van der Waals surface area contributed by atoms with Gasteiger partial charge in [-0.05, 0) is 25.0 Å². The summed E-state index contributed by atoms with van der Waals surface area (Å²) in [7, 11) is 0. The SMILES string of the molecule is CCc1sc(C(=O)N2CCN(c3cnccn3)CC2)cc1C. The second-order valence-corrected chi connectivity index (χ2v) is 6.55. The van der Waals surface area contributed by atoms with Crippen molar-refractivity contribution in [3.8, 4) is 0 Å². The maximum atomic E-state index is 12.6. The molecule has 0 spiro atoms. The lowest BCUT2D eigenvalue weighted by molar-refractivity contribution is 0.0751. The molecule has 0 aliphatic carbocycles. The van der Waals surface area contributed by atoms with Gasteiger partial charge in [0.25, 0.3) is 5.91 Å². The van der Waals surface area contributed by atoms with Gasteiger partial charge in [0.2, 0.25) is 0 Å². The van der Waals surface area contributed by atoms with Gasteiger partial charge in [-0.2, -0.15) is 0 Å². The summed E-state index contributed by atoms with van der Waals surface area (Å²) in [6, 6.07) is 2.03. The molecule has 116 valence electrons. The molecule has 1 saturated heterocycles. The lowest BCUT2D eigenvalue weighted by Crippen LogP contribution is -2.48. The van der Waals surface area contributed by atoms with E-state index < -0.39 is 0 Å². The summed E-state index contributed by atoms with van der Waals surface area (Å²) >= 11 is 1.63. The van der Waals surface area contributed by atoms with Gasteiger partial charge in [-0.1, -0.05) is 6.92 Å². The van der Waals surface area contributed by atoms with Crippen LogP contribution in [0.2, 0.25) is 0 Å². The fourth-order valence-corrected chi connectivity index (χ4v) is 3.81. The summed E-state index contributed by atoms with van der Waals surface area (Å²) < 4.78 is 0. The highest BCUT2D eigenvalue weighted by molar-refractivity contribution is 7.14. The maximum absolute atomic E-state index is 12.6. The number of hydrogen-bond acceptors (Lipinski definition) is 5. The summed E-state index contributed by atoms with van der Waals surface area (Å²) in [5.41, 5.74) is 1.23. The standard InChI is InChI=1S/C16H20N4OS/c1-3-13-12(2)10-14(22-13)16(21)20-8-6-19(7-9-20)15-11-17-4-5-18-15/h4-5,10-11H,3,6-9H2,1-2H3. The van der Waals surface area contributed by atoms with Gasteiger partial charge in [-0.25, -0.2) is 4.98 Å². The Kier molecular flexibility index (Phi) is 4.38. The number of hydrogen-bond donors (Lipinski definition) is 0. The van der Waals surface area contributed by atoms with Crippen LogP contribution in [0.25, 0.3) is 0 Å². The lowest BCUT2D eigenvalue weighted by atomic mass is 10.2. The molecule has 2 aromatic rings. The molecule has 1 fully saturated rings. The molecule has 1 aliphatic heterocycles. The molecule has 6 heteroatoms. The molecule has 0 aromatic carbocycles. The number of piperazine rings is 1. The number of aryl methyl sites for hydroxylation is 2. The van der Waals surface area contributed by atoms with Crippen LogP contribution in [0.3, 0.4) is 0 Å². The Morgan fingerprint density at radius 2 is 2.05 bits per heavy atom. The van der Waals surface area contributed by atoms with Crippen molar-refractivity contribution in [2.45, 2.75) is 20.3 Å². The van der Waals surface area contributed by atoms with E-state index in [2.05, 4.69) is 28.7 Å². The molecule has 0 radical (unpaired) electrons. The molecule has 3 heterocycles. The average molecular weight is 316 g/mol. The topological polar surface area (TPSA) is 49.3 Å². The number of carbonyl (C=O) groups is 1. The Balaban J connectivity index is 1.64. The number of anilines is 1. The number of amides is 1. The summed E-state index contributed by atoms with van der Waals surface area (Å²) in [6.45, 7) is 7.28. The average Bonchev–Trinajstić information content (AvgIpc) is 2.96. The molecule has 2 aromatic heterocycles. The van der Waals surface area contributed by atoms with Gasteiger partial charge in [0, 0.05) is 43.4 Å². The summed E-state index contributed by atoms with van der Waals surface area (Å²) in [5, 5.41) is 0. The first-order valence-electron chi connectivity index (χ1n) is 7.58. The minimum atomic E-state index is 0.159. The van der Waals surface area contributed by atoms with Crippen LogP contribution in [0.5, 0.6) is 0 Å². The van der Waals surface area contributed by atoms with E-state index >= 15 is 0 Å². The molecule has 1 amide bonds. The minimum Gasteiger partial charge on any atom is -0.352 e. The van der Waals surface area contributed by atoms with Crippen LogP contribution >= 0.6 is 11.3 Å². The Hall–Kier alpha value is -1.95. The van der Waals surface area contributed by atoms with E-state index in [9.17, 15) is 4.79 Å².